The molecule has 1 N–H and O–H groups in total. The molecule has 2 amide bonds. The number of allylic oxidation sites excluding steroid dienone is 5. The summed E-state index contributed by atoms with van der Waals surface area (Å²) in [6.07, 6.45) is 9.12. The molecular formula is C19H21BrN4O2. The highest BCUT2D eigenvalue weighted by atomic mass is 79.9. The van der Waals surface area contributed by atoms with Crippen molar-refractivity contribution in [3.8, 4) is 0 Å². The zero-order valence-electron chi connectivity index (χ0n) is 14.4. The van der Waals surface area contributed by atoms with Gasteiger partial charge in [-0.1, -0.05) is 35.2 Å². The molecule has 0 saturated carbocycles. The Morgan fingerprint density at radius 1 is 1.15 bits per heavy atom. The van der Waals surface area contributed by atoms with E-state index >= 15 is 0 Å². The third-order valence-electron chi connectivity index (χ3n) is 3.89. The van der Waals surface area contributed by atoms with Crippen molar-refractivity contribution in [2.75, 3.05) is 31.1 Å². The van der Waals surface area contributed by atoms with Crippen LogP contribution in [0.5, 0.6) is 0 Å². The number of hydrogen-bond donors (Lipinski definition) is 1. The number of amides is 2. The zero-order valence-corrected chi connectivity index (χ0v) is 16.0. The van der Waals surface area contributed by atoms with Gasteiger partial charge >= 0.3 is 0 Å². The predicted molar refractivity (Wildman–Crippen MR) is 107 cm³/mol. The highest BCUT2D eigenvalue weighted by Crippen LogP contribution is 2.14. The first kappa shape index (κ1) is 19.7. The Morgan fingerprint density at radius 2 is 1.88 bits per heavy atom. The molecule has 1 aromatic heterocycles. The van der Waals surface area contributed by atoms with Crippen LogP contribution in [0.1, 0.15) is 10.4 Å². The lowest BCUT2D eigenvalue weighted by Crippen LogP contribution is -2.46. The number of nitrogens with one attached hydrogen (secondary N) is 1. The molecule has 0 bridgehead atoms. The third kappa shape index (κ3) is 5.42. The van der Waals surface area contributed by atoms with Crippen LogP contribution in [0.25, 0.3) is 0 Å². The maximum atomic E-state index is 12.3. The van der Waals surface area contributed by atoms with Crippen molar-refractivity contribution in [3.05, 3.63) is 71.5 Å². The van der Waals surface area contributed by atoms with Crippen LogP contribution < -0.4 is 10.2 Å². The molecule has 0 aromatic carbocycles. The van der Waals surface area contributed by atoms with E-state index in [0.717, 1.165) is 29.8 Å². The number of rotatable bonds is 7. The van der Waals surface area contributed by atoms with Crippen molar-refractivity contribution in [3.63, 3.8) is 0 Å². The maximum absolute atomic E-state index is 12.3. The van der Waals surface area contributed by atoms with Gasteiger partial charge in [0.25, 0.3) is 5.91 Å². The third-order valence-corrected chi connectivity index (χ3v) is 4.48. The predicted octanol–water partition coefficient (Wildman–Crippen LogP) is 2.62. The summed E-state index contributed by atoms with van der Waals surface area (Å²) in [5, 5.41) is 2.78. The van der Waals surface area contributed by atoms with E-state index in [9.17, 15) is 9.59 Å². The van der Waals surface area contributed by atoms with E-state index in [1.54, 1.807) is 41.5 Å². The van der Waals surface area contributed by atoms with Crippen molar-refractivity contribution >= 4 is 34.1 Å². The number of aromatic nitrogens is 1. The second kappa shape index (κ2) is 9.72. The SMILES string of the molecule is C=C/C(Br)=C\C=C(/C=C)NC(=O)c1ccc(N2CCN(C=O)CC2)nc1. The van der Waals surface area contributed by atoms with Crippen molar-refractivity contribution in [2.24, 2.45) is 0 Å². The molecule has 6 nitrogen and oxygen atoms in total. The van der Waals surface area contributed by atoms with Gasteiger partial charge in [0.05, 0.1) is 5.56 Å². The van der Waals surface area contributed by atoms with Crippen LogP contribution in [0, 0.1) is 0 Å². The first-order valence-corrected chi connectivity index (χ1v) is 8.90. The number of pyridine rings is 1. The Labute approximate surface area is 161 Å². The molecule has 136 valence electrons. The van der Waals surface area contributed by atoms with Crippen LogP contribution in [0.2, 0.25) is 0 Å². The summed E-state index contributed by atoms with van der Waals surface area (Å²) in [7, 11) is 0. The van der Waals surface area contributed by atoms with Crippen LogP contribution in [0.3, 0.4) is 0 Å². The number of carbonyl (C=O) groups is 2. The van der Waals surface area contributed by atoms with Crippen LogP contribution >= 0.6 is 15.9 Å². The van der Waals surface area contributed by atoms with Gasteiger partial charge in [-0.25, -0.2) is 4.98 Å². The molecule has 0 atom stereocenters. The van der Waals surface area contributed by atoms with Crippen molar-refractivity contribution in [2.45, 2.75) is 0 Å². The quantitative estimate of drug-likeness (QED) is 0.547. The largest absolute Gasteiger partial charge is 0.353 e. The number of halogens is 1. The standard InChI is InChI=1S/C19H21BrN4O2/c1-3-16(20)6-7-17(4-2)22-19(26)15-5-8-18(21-13-15)24-11-9-23(14-25)10-12-24/h3-8,13-14H,1-2,9-12H2,(H,22,26)/b16-6+,17-7+. The Bertz CT molecular complexity index is 732. The van der Waals surface area contributed by atoms with E-state index in [0.29, 0.717) is 24.4 Å². The second-order valence-corrected chi connectivity index (χ2v) is 6.49. The lowest BCUT2D eigenvalue weighted by molar-refractivity contribution is -0.118. The minimum atomic E-state index is -0.260. The minimum Gasteiger partial charge on any atom is -0.353 e. The summed E-state index contributed by atoms with van der Waals surface area (Å²) < 4.78 is 0.798. The molecule has 0 aliphatic carbocycles. The highest BCUT2D eigenvalue weighted by Gasteiger charge is 2.17. The van der Waals surface area contributed by atoms with Gasteiger partial charge in [-0.05, 0) is 30.4 Å². The average Bonchev–Trinajstić information content (AvgIpc) is 2.70. The number of carbonyl (C=O) groups excluding carboxylic acids is 2. The van der Waals surface area contributed by atoms with Gasteiger partial charge in [-0.3, -0.25) is 9.59 Å². The monoisotopic (exact) mass is 416 g/mol. The molecule has 1 aliphatic rings. The van der Waals surface area contributed by atoms with E-state index in [1.807, 2.05) is 6.07 Å². The van der Waals surface area contributed by atoms with E-state index < -0.39 is 0 Å². The van der Waals surface area contributed by atoms with Crippen molar-refractivity contribution in [1.82, 2.24) is 15.2 Å². The van der Waals surface area contributed by atoms with Gasteiger partial charge in [0.15, 0.2) is 0 Å². The molecule has 7 heteroatoms. The summed E-state index contributed by atoms with van der Waals surface area (Å²) in [5.74, 6) is 0.536. The summed E-state index contributed by atoms with van der Waals surface area (Å²) in [6, 6.07) is 3.55. The van der Waals surface area contributed by atoms with Gasteiger partial charge < -0.3 is 15.1 Å². The fourth-order valence-corrected chi connectivity index (χ4v) is 2.50. The van der Waals surface area contributed by atoms with Crippen LogP contribution in [0.4, 0.5) is 5.82 Å². The summed E-state index contributed by atoms with van der Waals surface area (Å²) in [6.45, 7) is 10.1. The van der Waals surface area contributed by atoms with Crippen molar-refractivity contribution < 1.29 is 9.59 Å². The van der Waals surface area contributed by atoms with Crippen LogP contribution in [0.15, 0.2) is 66.0 Å². The molecule has 0 radical (unpaired) electrons. The number of nitrogens with zero attached hydrogens (tertiary/aromatic N) is 3. The van der Waals surface area contributed by atoms with E-state index in [4.69, 9.17) is 0 Å². The van der Waals surface area contributed by atoms with E-state index in [2.05, 4.69) is 44.3 Å². The molecular weight excluding hydrogens is 396 g/mol. The molecule has 2 heterocycles. The molecule has 2 rings (SSSR count). The molecule has 1 fully saturated rings. The normalized spacial score (nSPS) is 15.4. The summed E-state index contributed by atoms with van der Waals surface area (Å²) in [4.78, 5) is 31.3. The Kier molecular flexibility index (Phi) is 7.35. The fourth-order valence-electron chi connectivity index (χ4n) is 2.37. The maximum Gasteiger partial charge on any atom is 0.257 e. The minimum absolute atomic E-state index is 0.260. The summed E-state index contributed by atoms with van der Waals surface area (Å²) in [5.41, 5.74) is 1.03. The Morgan fingerprint density at radius 3 is 2.42 bits per heavy atom. The van der Waals surface area contributed by atoms with Crippen LogP contribution in [-0.2, 0) is 4.79 Å². The lowest BCUT2D eigenvalue weighted by Gasteiger charge is -2.33. The number of hydrogen-bond acceptors (Lipinski definition) is 4. The summed E-state index contributed by atoms with van der Waals surface area (Å²) >= 11 is 3.31. The smallest absolute Gasteiger partial charge is 0.257 e. The number of piperazine rings is 1. The fraction of sp³-hybridized carbons (Fsp3) is 0.211. The molecule has 26 heavy (non-hydrogen) atoms. The average molecular weight is 417 g/mol. The molecule has 0 unspecified atom stereocenters. The van der Waals surface area contributed by atoms with E-state index in [1.165, 1.54) is 0 Å². The van der Waals surface area contributed by atoms with Gasteiger partial charge in [-0.2, -0.15) is 0 Å². The Hall–Kier alpha value is -2.67. The first-order valence-electron chi connectivity index (χ1n) is 8.11. The lowest BCUT2D eigenvalue weighted by atomic mass is 10.2. The first-order chi connectivity index (χ1) is 12.6. The van der Waals surface area contributed by atoms with Gasteiger partial charge in [0.1, 0.15) is 5.82 Å². The molecule has 1 saturated heterocycles. The van der Waals surface area contributed by atoms with Gasteiger partial charge in [-0.15, -0.1) is 0 Å². The number of anilines is 1. The van der Waals surface area contributed by atoms with Gasteiger partial charge in [0, 0.05) is 42.6 Å². The molecule has 1 aromatic rings. The highest BCUT2D eigenvalue weighted by molar-refractivity contribution is 9.11. The van der Waals surface area contributed by atoms with Crippen LogP contribution in [-0.4, -0.2) is 48.4 Å². The van der Waals surface area contributed by atoms with E-state index in [-0.39, 0.29) is 5.91 Å². The Balaban J connectivity index is 2.01. The topological polar surface area (TPSA) is 65.5 Å². The molecule has 0 spiro atoms. The zero-order chi connectivity index (χ0) is 18.9. The van der Waals surface area contributed by atoms with Gasteiger partial charge in [0.2, 0.25) is 6.41 Å². The second-order valence-electron chi connectivity index (χ2n) is 5.57. The molecule has 1 aliphatic heterocycles. The van der Waals surface area contributed by atoms with Crippen molar-refractivity contribution in [1.29, 1.82) is 0 Å².